The first-order valence-electron chi connectivity index (χ1n) is 9.09. The minimum atomic E-state index is -0.874. The van der Waals surface area contributed by atoms with E-state index in [1.807, 2.05) is 18.2 Å². The second-order valence-corrected chi connectivity index (χ2v) is 7.00. The summed E-state index contributed by atoms with van der Waals surface area (Å²) in [5, 5.41) is 13.0. The Morgan fingerprint density at radius 2 is 2.08 bits per heavy atom. The average Bonchev–Trinajstić information content (AvgIpc) is 3.16. The number of aryl methyl sites for hydroxylation is 1. The van der Waals surface area contributed by atoms with Gasteiger partial charge in [-0.2, -0.15) is 0 Å². The number of benzene rings is 2. The smallest absolute Gasteiger partial charge is 0.335 e. The maximum Gasteiger partial charge on any atom is 0.335 e. The molecule has 0 aromatic heterocycles. The lowest BCUT2D eigenvalue weighted by atomic mass is 9.75. The highest BCUT2D eigenvalue weighted by atomic mass is 16.5. The first kappa shape index (κ1) is 16.7. The molecule has 2 aliphatic rings. The second-order valence-electron chi connectivity index (χ2n) is 7.00. The van der Waals surface area contributed by atoms with E-state index >= 15 is 0 Å². The summed E-state index contributed by atoms with van der Waals surface area (Å²) >= 11 is 0. The third-order valence-electron chi connectivity index (χ3n) is 5.68. The third-order valence-corrected chi connectivity index (χ3v) is 5.68. The van der Waals surface area contributed by atoms with Crippen molar-refractivity contribution in [3.63, 3.8) is 0 Å². The van der Waals surface area contributed by atoms with Gasteiger partial charge in [-0.25, -0.2) is 4.79 Å². The van der Waals surface area contributed by atoms with Crippen LogP contribution in [0, 0.1) is 5.92 Å². The lowest BCUT2D eigenvalue weighted by Gasteiger charge is -2.38. The van der Waals surface area contributed by atoms with Gasteiger partial charge in [0.1, 0.15) is 5.75 Å². The molecule has 0 bridgehead atoms. The van der Waals surface area contributed by atoms with Gasteiger partial charge in [-0.15, -0.1) is 0 Å². The van der Waals surface area contributed by atoms with Gasteiger partial charge in [0.05, 0.1) is 18.7 Å². The van der Waals surface area contributed by atoms with Crippen molar-refractivity contribution in [3.05, 3.63) is 70.8 Å². The summed E-state index contributed by atoms with van der Waals surface area (Å²) in [7, 11) is 1.69. The fourth-order valence-electron chi connectivity index (χ4n) is 4.36. The van der Waals surface area contributed by atoms with Crippen LogP contribution in [0.5, 0.6) is 5.75 Å². The van der Waals surface area contributed by atoms with E-state index in [0.717, 1.165) is 29.8 Å². The average molecular weight is 349 g/mol. The molecule has 1 aliphatic carbocycles. The first-order valence-corrected chi connectivity index (χ1v) is 9.09. The van der Waals surface area contributed by atoms with Gasteiger partial charge < -0.3 is 15.2 Å². The molecule has 3 atom stereocenters. The van der Waals surface area contributed by atoms with Crippen molar-refractivity contribution in [2.45, 2.75) is 31.7 Å². The molecule has 0 fully saturated rings. The molecule has 2 aromatic carbocycles. The molecule has 1 aliphatic heterocycles. The molecule has 0 spiro atoms. The molecule has 4 rings (SSSR count). The molecule has 0 amide bonds. The summed E-state index contributed by atoms with van der Waals surface area (Å²) in [6.07, 6.45) is 6.39. The van der Waals surface area contributed by atoms with Crippen LogP contribution in [0.1, 0.15) is 52.4 Å². The Balaban J connectivity index is 1.77. The van der Waals surface area contributed by atoms with E-state index in [2.05, 4.69) is 36.5 Å². The molecule has 1 heterocycles. The standard InChI is InChI=1S/C22H23NO3/c1-3-13-11-14(22(24)25)7-9-16(13)21-18-6-4-5-17(18)19-12-15(26-2)8-10-20(19)23-21/h4-5,7-12,17-18,21,23H,3,6H2,1-2H3,(H,24,25)/t17-,18+,21?/m1/s1. The van der Waals surface area contributed by atoms with Crippen molar-refractivity contribution < 1.29 is 14.6 Å². The number of hydrogen-bond donors (Lipinski definition) is 2. The molecular weight excluding hydrogens is 326 g/mol. The number of fused-ring (bicyclic) bond motifs is 3. The van der Waals surface area contributed by atoms with Gasteiger partial charge >= 0.3 is 5.97 Å². The minimum absolute atomic E-state index is 0.175. The van der Waals surface area contributed by atoms with Crippen LogP contribution in [-0.2, 0) is 6.42 Å². The van der Waals surface area contributed by atoms with Crippen LogP contribution in [0.25, 0.3) is 0 Å². The van der Waals surface area contributed by atoms with Gasteiger partial charge in [0, 0.05) is 11.6 Å². The van der Waals surface area contributed by atoms with Gasteiger partial charge in [0.2, 0.25) is 0 Å². The van der Waals surface area contributed by atoms with Crippen molar-refractivity contribution in [1.82, 2.24) is 0 Å². The van der Waals surface area contributed by atoms with E-state index in [1.54, 1.807) is 13.2 Å². The Morgan fingerprint density at radius 3 is 2.81 bits per heavy atom. The summed E-state index contributed by atoms with van der Waals surface area (Å²) < 4.78 is 5.40. The SMILES string of the molecule is CCc1cc(C(=O)O)ccc1C1Nc2ccc(OC)cc2[C@@H]2C=CC[C@H]12. The quantitative estimate of drug-likeness (QED) is 0.780. The summed E-state index contributed by atoms with van der Waals surface area (Å²) in [5.41, 5.74) is 5.07. The number of rotatable bonds is 4. The van der Waals surface area contributed by atoms with Crippen LogP contribution in [0.15, 0.2) is 48.6 Å². The molecule has 0 saturated heterocycles. The summed E-state index contributed by atoms with van der Waals surface area (Å²) in [6, 6.07) is 11.9. The van der Waals surface area contributed by atoms with E-state index in [0.29, 0.717) is 17.4 Å². The number of allylic oxidation sites excluding steroid dienone is 2. The maximum atomic E-state index is 11.3. The molecule has 134 valence electrons. The second kappa shape index (κ2) is 6.52. The number of nitrogens with one attached hydrogen (secondary N) is 1. The van der Waals surface area contributed by atoms with Crippen LogP contribution in [0.3, 0.4) is 0 Å². The monoisotopic (exact) mass is 349 g/mol. The summed E-state index contributed by atoms with van der Waals surface area (Å²) in [6.45, 7) is 2.08. The van der Waals surface area contributed by atoms with Crippen LogP contribution in [0.2, 0.25) is 0 Å². The van der Waals surface area contributed by atoms with Crippen LogP contribution >= 0.6 is 0 Å². The molecule has 0 radical (unpaired) electrons. The Hall–Kier alpha value is -2.75. The highest BCUT2D eigenvalue weighted by Crippen LogP contribution is 2.51. The van der Waals surface area contributed by atoms with Crippen molar-refractivity contribution in [3.8, 4) is 5.75 Å². The Kier molecular flexibility index (Phi) is 4.19. The Bertz CT molecular complexity index is 887. The zero-order chi connectivity index (χ0) is 18.3. The van der Waals surface area contributed by atoms with E-state index < -0.39 is 5.97 Å². The van der Waals surface area contributed by atoms with Gasteiger partial charge in [-0.1, -0.05) is 25.1 Å². The number of carbonyl (C=O) groups is 1. The van der Waals surface area contributed by atoms with Gasteiger partial charge in [0.25, 0.3) is 0 Å². The molecule has 4 nitrogen and oxygen atoms in total. The molecule has 0 saturated carbocycles. The van der Waals surface area contributed by atoms with Crippen molar-refractivity contribution in [1.29, 1.82) is 0 Å². The minimum Gasteiger partial charge on any atom is -0.497 e. The molecular formula is C22H23NO3. The number of anilines is 1. The lowest BCUT2D eigenvalue weighted by molar-refractivity contribution is 0.0696. The fourth-order valence-corrected chi connectivity index (χ4v) is 4.36. The number of methoxy groups -OCH3 is 1. The molecule has 2 N–H and O–H groups in total. The normalized spacial score (nSPS) is 23.1. The van der Waals surface area contributed by atoms with Crippen LogP contribution in [-0.4, -0.2) is 18.2 Å². The fraction of sp³-hybridized carbons (Fsp3) is 0.318. The number of ether oxygens (including phenoxy) is 1. The Morgan fingerprint density at radius 1 is 1.23 bits per heavy atom. The summed E-state index contributed by atoms with van der Waals surface area (Å²) in [5.74, 6) is 0.787. The lowest BCUT2D eigenvalue weighted by Crippen LogP contribution is -2.29. The number of hydrogen-bond acceptors (Lipinski definition) is 3. The molecule has 4 heteroatoms. The van der Waals surface area contributed by atoms with E-state index in [-0.39, 0.29) is 6.04 Å². The van der Waals surface area contributed by atoms with E-state index in [1.165, 1.54) is 11.1 Å². The van der Waals surface area contributed by atoms with Crippen molar-refractivity contribution >= 4 is 11.7 Å². The van der Waals surface area contributed by atoms with Gasteiger partial charge in [-0.05, 0) is 65.8 Å². The van der Waals surface area contributed by atoms with Crippen molar-refractivity contribution in [2.75, 3.05) is 12.4 Å². The van der Waals surface area contributed by atoms with Crippen molar-refractivity contribution in [2.24, 2.45) is 5.92 Å². The van der Waals surface area contributed by atoms with Gasteiger partial charge in [0.15, 0.2) is 0 Å². The summed E-state index contributed by atoms with van der Waals surface area (Å²) in [4.78, 5) is 11.3. The third kappa shape index (κ3) is 2.66. The topological polar surface area (TPSA) is 58.6 Å². The highest BCUT2D eigenvalue weighted by Gasteiger charge is 2.38. The maximum absolute atomic E-state index is 11.3. The molecule has 1 unspecified atom stereocenters. The Labute approximate surface area is 153 Å². The van der Waals surface area contributed by atoms with Gasteiger partial charge in [-0.3, -0.25) is 0 Å². The van der Waals surface area contributed by atoms with E-state index in [4.69, 9.17) is 4.74 Å². The van der Waals surface area contributed by atoms with Crippen LogP contribution in [0.4, 0.5) is 5.69 Å². The highest BCUT2D eigenvalue weighted by molar-refractivity contribution is 5.88. The van der Waals surface area contributed by atoms with E-state index in [9.17, 15) is 9.90 Å². The zero-order valence-electron chi connectivity index (χ0n) is 15.0. The number of carboxylic acid groups (broad SMARTS) is 1. The zero-order valence-corrected chi connectivity index (χ0v) is 15.0. The largest absolute Gasteiger partial charge is 0.497 e. The molecule has 26 heavy (non-hydrogen) atoms. The number of carboxylic acids is 1. The number of aromatic carboxylic acids is 1. The molecule has 2 aromatic rings. The first-order chi connectivity index (χ1) is 12.6. The predicted molar refractivity (Wildman–Crippen MR) is 102 cm³/mol. The predicted octanol–water partition coefficient (Wildman–Crippen LogP) is 4.78. The van der Waals surface area contributed by atoms with Crippen LogP contribution < -0.4 is 10.1 Å².